The minimum atomic E-state index is -0.702. The molecular weight excluding hydrogens is 256 g/mol. The average molecular weight is 293 g/mol. The van der Waals surface area contributed by atoms with Crippen molar-refractivity contribution in [3.63, 3.8) is 0 Å². The van der Waals surface area contributed by atoms with Crippen LogP contribution in [0.2, 0.25) is 0 Å². The van der Waals surface area contributed by atoms with Crippen LogP contribution in [0.15, 0.2) is 12.2 Å². The van der Waals surface area contributed by atoms with Crippen molar-refractivity contribution in [3.05, 3.63) is 12.2 Å². The van der Waals surface area contributed by atoms with Gasteiger partial charge in [0.1, 0.15) is 6.10 Å². The monoisotopic (exact) mass is 292 g/mol. The summed E-state index contributed by atoms with van der Waals surface area (Å²) in [6, 6.07) is 0. The Hall–Kier alpha value is -0.740. The summed E-state index contributed by atoms with van der Waals surface area (Å²) in [5, 5.41) is 9.14. The van der Waals surface area contributed by atoms with Crippen LogP contribution in [0.25, 0.3) is 0 Å². The maximum Gasteiger partial charge on any atom is 0.133 e. The van der Waals surface area contributed by atoms with Crippen LogP contribution in [-0.4, -0.2) is 11.2 Å². The molecule has 0 amide bonds. The number of allylic oxidation sites excluding steroid dienone is 1. The number of terminal acetylenes is 1. The molecule has 0 unspecified atom stereocenters. The van der Waals surface area contributed by atoms with Crippen LogP contribution in [0.3, 0.4) is 0 Å². The van der Waals surface area contributed by atoms with E-state index in [1.165, 1.54) is 83.5 Å². The van der Waals surface area contributed by atoms with Gasteiger partial charge in [-0.05, 0) is 18.9 Å². The molecule has 0 heterocycles. The molecule has 0 aliphatic rings. The van der Waals surface area contributed by atoms with E-state index in [2.05, 4.69) is 12.8 Å². The van der Waals surface area contributed by atoms with Crippen molar-refractivity contribution in [1.29, 1.82) is 0 Å². The molecule has 0 aromatic rings. The molecule has 0 bridgehead atoms. The Kier molecular flexibility index (Phi) is 16.7. The predicted molar refractivity (Wildman–Crippen MR) is 94.3 cm³/mol. The SMILES string of the molecule is C#C[C@@H](O)/C=C\CCCCCCCCCCCCCCC. The molecule has 1 N–H and O–H groups in total. The van der Waals surface area contributed by atoms with Crippen LogP contribution in [0.4, 0.5) is 0 Å². The van der Waals surface area contributed by atoms with E-state index in [0.717, 1.165) is 6.42 Å². The molecule has 1 nitrogen and oxygen atoms in total. The summed E-state index contributed by atoms with van der Waals surface area (Å²) in [5.74, 6) is 2.28. The lowest BCUT2D eigenvalue weighted by Gasteiger charge is -2.02. The molecule has 0 radical (unpaired) electrons. The standard InChI is InChI=1S/C20H36O/c1-3-5-6-7-8-9-10-11-12-13-14-15-16-17-18-19-20(21)4-2/h2,18-21H,3,5-17H2,1H3/b19-18-/t20-/m1/s1. The quantitative estimate of drug-likeness (QED) is 0.222. The van der Waals surface area contributed by atoms with Gasteiger partial charge in [-0.2, -0.15) is 0 Å². The summed E-state index contributed by atoms with van der Waals surface area (Å²) in [5.41, 5.74) is 0. The van der Waals surface area contributed by atoms with Crippen LogP contribution >= 0.6 is 0 Å². The maximum absolute atomic E-state index is 9.14. The van der Waals surface area contributed by atoms with Gasteiger partial charge in [0.25, 0.3) is 0 Å². The third kappa shape index (κ3) is 17.2. The van der Waals surface area contributed by atoms with Gasteiger partial charge in [0.05, 0.1) is 0 Å². The molecule has 1 heteroatoms. The van der Waals surface area contributed by atoms with Crippen LogP contribution in [0.5, 0.6) is 0 Å². The third-order valence-electron chi connectivity index (χ3n) is 3.96. The van der Waals surface area contributed by atoms with Crippen molar-refractivity contribution in [2.75, 3.05) is 0 Å². The zero-order valence-corrected chi connectivity index (χ0v) is 14.2. The summed E-state index contributed by atoms with van der Waals surface area (Å²) in [6.07, 6.45) is 27.1. The lowest BCUT2D eigenvalue weighted by molar-refractivity contribution is 0.280. The van der Waals surface area contributed by atoms with Gasteiger partial charge in [0.15, 0.2) is 0 Å². The molecule has 0 saturated carbocycles. The number of hydrogen-bond donors (Lipinski definition) is 1. The van der Waals surface area contributed by atoms with Gasteiger partial charge in [0.2, 0.25) is 0 Å². The molecule has 0 rings (SSSR count). The van der Waals surface area contributed by atoms with E-state index in [-0.39, 0.29) is 0 Å². The van der Waals surface area contributed by atoms with Gasteiger partial charge < -0.3 is 5.11 Å². The number of rotatable bonds is 15. The minimum Gasteiger partial charge on any atom is -0.377 e. The summed E-state index contributed by atoms with van der Waals surface area (Å²) >= 11 is 0. The van der Waals surface area contributed by atoms with Crippen molar-refractivity contribution in [1.82, 2.24) is 0 Å². The van der Waals surface area contributed by atoms with Gasteiger partial charge in [-0.15, -0.1) is 6.42 Å². The lowest BCUT2D eigenvalue weighted by atomic mass is 10.0. The van der Waals surface area contributed by atoms with Crippen LogP contribution < -0.4 is 0 Å². The summed E-state index contributed by atoms with van der Waals surface area (Å²) in [7, 11) is 0. The second-order valence-corrected chi connectivity index (χ2v) is 6.07. The molecule has 122 valence electrons. The first-order chi connectivity index (χ1) is 10.3. The highest BCUT2D eigenvalue weighted by atomic mass is 16.3. The van der Waals surface area contributed by atoms with E-state index in [4.69, 9.17) is 11.5 Å². The van der Waals surface area contributed by atoms with Gasteiger partial charge >= 0.3 is 0 Å². The topological polar surface area (TPSA) is 20.2 Å². The van der Waals surface area contributed by atoms with Gasteiger partial charge in [-0.3, -0.25) is 0 Å². The lowest BCUT2D eigenvalue weighted by Crippen LogP contribution is -1.95. The van der Waals surface area contributed by atoms with Crippen molar-refractivity contribution >= 4 is 0 Å². The largest absolute Gasteiger partial charge is 0.377 e. The van der Waals surface area contributed by atoms with Crippen LogP contribution in [0.1, 0.15) is 96.8 Å². The fourth-order valence-corrected chi connectivity index (χ4v) is 2.56. The molecular formula is C20H36O. The fraction of sp³-hybridized carbons (Fsp3) is 0.800. The van der Waals surface area contributed by atoms with E-state index in [1.807, 2.05) is 6.08 Å². The van der Waals surface area contributed by atoms with Crippen molar-refractivity contribution in [3.8, 4) is 12.3 Å². The zero-order valence-electron chi connectivity index (χ0n) is 14.2. The molecule has 0 aromatic heterocycles. The fourth-order valence-electron chi connectivity index (χ4n) is 2.56. The Balaban J connectivity index is 3.06. The van der Waals surface area contributed by atoms with Gasteiger partial charge in [-0.1, -0.05) is 96.0 Å². The minimum absolute atomic E-state index is 0.702. The third-order valence-corrected chi connectivity index (χ3v) is 3.96. The second kappa shape index (κ2) is 17.3. The molecule has 0 aliphatic heterocycles. The summed E-state index contributed by atoms with van der Waals surface area (Å²) in [6.45, 7) is 2.27. The van der Waals surface area contributed by atoms with Crippen molar-refractivity contribution in [2.45, 2.75) is 103 Å². The zero-order chi connectivity index (χ0) is 15.6. The molecule has 1 atom stereocenters. The average Bonchev–Trinajstić information content (AvgIpc) is 2.50. The van der Waals surface area contributed by atoms with E-state index in [9.17, 15) is 0 Å². The maximum atomic E-state index is 9.14. The Bertz CT molecular complexity index is 262. The highest BCUT2D eigenvalue weighted by Crippen LogP contribution is 2.12. The number of aliphatic hydroxyl groups is 1. The van der Waals surface area contributed by atoms with Gasteiger partial charge in [-0.25, -0.2) is 0 Å². The molecule has 0 fully saturated rings. The molecule has 0 aromatic carbocycles. The van der Waals surface area contributed by atoms with E-state index < -0.39 is 6.10 Å². The molecule has 0 spiro atoms. The summed E-state index contributed by atoms with van der Waals surface area (Å²) < 4.78 is 0. The highest BCUT2D eigenvalue weighted by molar-refractivity contribution is 5.05. The number of unbranched alkanes of at least 4 members (excludes halogenated alkanes) is 13. The van der Waals surface area contributed by atoms with Crippen molar-refractivity contribution in [2.24, 2.45) is 0 Å². The van der Waals surface area contributed by atoms with E-state index in [0.29, 0.717) is 0 Å². The summed E-state index contributed by atoms with van der Waals surface area (Å²) in [4.78, 5) is 0. The Morgan fingerprint density at radius 2 is 1.24 bits per heavy atom. The normalized spacial score (nSPS) is 12.6. The predicted octanol–water partition coefficient (Wildman–Crippen LogP) is 6.02. The first-order valence-corrected chi connectivity index (χ1v) is 9.12. The van der Waals surface area contributed by atoms with Gasteiger partial charge in [0, 0.05) is 0 Å². The molecule has 21 heavy (non-hydrogen) atoms. The second-order valence-electron chi connectivity index (χ2n) is 6.07. The van der Waals surface area contributed by atoms with Crippen LogP contribution in [0, 0.1) is 12.3 Å². The molecule has 0 aliphatic carbocycles. The Morgan fingerprint density at radius 1 is 0.810 bits per heavy atom. The van der Waals surface area contributed by atoms with Crippen LogP contribution in [-0.2, 0) is 0 Å². The Morgan fingerprint density at radius 3 is 1.67 bits per heavy atom. The number of hydrogen-bond acceptors (Lipinski definition) is 1. The van der Waals surface area contributed by atoms with E-state index >= 15 is 0 Å². The molecule has 0 saturated heterocycles. The first kappa shape index (κ1) is 20.3. The first-order valence-electron chi connectivity index (χ1n) is 9.12. The Labute approximate surface area is 133 Å². The highest BCUT2D eigenvalue weighted by Gasteiger charge is 1.93. The van der Waals surface area contributed by atoms with E-state index in [1.54, 1.807) is 6.08 Å². The van der Waals surface area contributed by atoms with Crippen molar-refractivity contribution < 1.29 is 5.11 Å². The number of aliphatic hydroxyl groups excluding tert-OH is 1. The smallest absolute Gasteiger partial charge is 0.133 e.